The van der Waals surface area contributed by atoms with Crippen molar-refractivity contribution in [2.45, 2.75) is 19.5 Å². The van der Waals surface area contributed by atoms with Crippen LogP contribution < -0.4 is 5.32 Å². The van der Waals surface area contributed by atoms with Crippen molar-refractivity contribution in [1.29, 1.82) is 0 Å². The van der Waals surface area contributed by atoms with Crippen molar-refractivity contribution >= 4 is 39.8 Å². The summed E-state index contributed by atoms with van der Waals surface area (Å²) in [5.74, 6) is -0.223. The number of hydrogen-bond acceptors (Lipinski definition) is 5. The first-order valence-electron chi connectivity index (χ1n) is 14.9. The van der Waals surface area contributed by atoms with E-state index in [1.807, 2.05) is 79.7 Å². The molecule has 0 radical (unpaired) electrons. The zero-order chi connectivity index (χ0) is 30.6. The number of benzene rings is 4. The number of aromatic nitrogens is 1. The highest BCUT2D eigenvalue weighted by Gasteiger charge is 2.21. The maximum absolute atomic E-state index is 13.3. The summed E-state index contributed by atoms with van der Waals surface area (Å²) in [7, 11) is 2.17. The summed E-state index contributed by atoms with van der Waals surface area (Å²) in [5, 5.41) is 15.6. The fourth-order valence-electron chi connectivity index (χ4n) is 5.63. The van der Waals surface area contributed by atoms with Gasteiger partial charge in [0.05, 0.1) is 23.0 Å². The zero-order valence-corrected chi connectivity index (χ0v) is 25.7. The van der Waals surface area contributed by atoms with Gasteiger partial charge in [0.1, 0.15) is 0 Å². The second-order valence-corrected chi connectivity index (χ2v) is 11.9. The summed E-state index contributed by atoms with van der Waals surface area (Å²) >= 11 is 6.16. The number of nitrogens with zero attached hydrogens (tertiary/aromatic N) is 3. The van der Waals surface area contributed by atoms with Crippen LogP contribution in [0.1, 0.15) is 45.6 Å². The minimum absolute atomic E-state index is 0.000793. The number of likely N-dealkylation sites (N-methyl/N-ethyl adjacent to an activating group) is 1. The molecule has 7 nitrogen and oxygen atoms in total. The molecule has 1 aliphatic heterocycles. The lowest BCUT2D eigenvalue weighted by molar-refractivity contribution is 0.0940. The first-order valence-corrected chi connectivity index (χ1v) is 15.3. The largest absolute Gasteiger partial charge is 0.494 e. The lowest BCUT2D eigenvalue weighted by Crippen LogP contribution is -2.43. The second kappa shape index (κ2) is 13.1. The Morgan fingerprint density at radius 1 is 0.932 bits per heavy atom. The van der Waals surface area contributed by atoms with Crippen molar-refractivity contribution in [2.24, 2.45) is 4.99 Å². The molecular weight excluding hydrogens is 570 g/mol. The summed E-state index contributed by atoms with van der Waals surface area (Å²) in [4.78, 5) is 26.3. The van der Waals surface area contributed by atoms with E-state index in [0.29, 0.717) is 32.8 Å². The van der Waals surface area contributed by atoms with Crippen LogP contribution in [0, 0.1) is 0 Å². The second-order valence-electron chi connectivity index (χ2n) is 11.4. The maximum Gasteiger partial charge on any atom is 0.251 e. The highest BCUT2D eigenvalue weighted by molar-refractivity contribution is 6.30. The number of H-pyrrole nitrogens is 1. The average molecular weight is 606 g/mol. The molecule has 0 saturated carbocycles. The number of aromatic amines is 1. The van der Waals surface area contributed by atoms with Gasteiger partial charge in [0, 0.05) is 59.8 Å². The van der Waals surface area contributed by atoms with Gasteiger partial charge in [-0.05, 0) is 67.6 Å². The molecule has 1 saturated heterocycles. The van der Waals surface area contributed by atoms with Crippen molar-refractivity contribution in [3.8, 4) is 5.88 Å². The number of aliphatic imine (C=N–C) groups is 1. The third kappa shape index (κ3) is 6.70. The van der Waals surface area contributed by atoms with Gasteiger partial charge in [0.15, 0.2) is 5.88 Å². The minimum atomic E-state index is -0.239. The number of hydrogen-bond donors (Lipinski definition) is 3. The Kier molecular flexibility index (Phi) is 8.79. The summed E-state index contributed by atoms with van der Waals surface area (Å²) in [6.07, 6.45) is 0. The van der Waals surface area contributed by atoms with Crippen LogP contribution >= 0.6 is 11.6 Å². The molecule has 1 amide bonds. The van der Waals surface area contributed by atoms with Crippen molar-refractivity contribution in [3.63, 3.8) is 0 Å². The number of aromatic hydroxyl groups is 1. The topological polar surface area (TPSA) is 84.0 Å². The standard InChI is InChI=1S/C36H36ClN5O2/c1-24(27-9-6-10-29(37)21-27)38-35(43)28-13-16-32-31(22-28)33(36(44)40-32)34(26-7-4-3-5-8-26)39-30-14-11-25(12-15-30)23-42-19-17-41(2)18-20-42/h3-16,21-22,24,40,44H,17-20,23H2,1-2H3,(H,38,43)/t24-/m1/s1. The van der Waals surface area contributed by atoms with E-state index in [4.69, 9.17) is 16.6 Å². The van der Waals surface area contributed by atoms with Crippen LogP contribution in [0.4, 0.5) is 5.69 Å². The Balaban J connectivity index is 1.32. The molecule has 2 heterocycles. The van der Waals surface area contributed by atoms with Crippen LogP contribution in [0.15, 0.2) is 102 Å². The molecule has 4 aromatic carbocycles. The van der Waals surface area contributed by atoms with E-state index in [9.17, 15) is 9.90 Å². The fraction of sp³-hybridized carbons (Fsp3) is 0.222. The number of amides is 1. The van der Waals surface area contributed by atoms with Crippen LogP contribution in [0.2, 0.25) is 5.02 Å². The van der Waals surface area contributed by atoms with Gasteiger partial charge in [-0.25, -0.2) is 4.99 Å². The molecule has 6 rings (SSSR count). The smallest absolute Gasteiger partial charge is 0.251 e. The third-order valence-electron chi connectivity index (χ3n) is 8.20. The molecule has 5 aromatic rings. The van der Waals surface area contributed by atoms with Gasteiger partial charge in [0.25, 0.3) is 5.91 Å². The van der Waals surface area contributed by atoms with Gasteiger partial charge in [-0.2, -0.15) is 0 Å². The Labute approximate surface area is 262 Å². The predicted molar refractivity (Wildman–Crippen MR) is 178 cm³/mol. The highest BCUT2D eigenvalue weighted by Crippen LogP contribution is 2.32. The molecule has 1 fully saturated rings. The summed E-state index contributed by atoms with van der Waals surface area (Å²) in [6.45, 7) is 7.13. The van der Waals surface area contributed by atoms with Gasteiger partial charge in [-0.15, -0.1) is 0 Å². The van der Waals surface area contributed by atoms with Gasteiger partial charge < -0.3 is 20.3 Å². The Morgan fingerprint density at radius 3 is 2.41 bits per heavy atom. The quantitative estimate of drug-likeness (QED) is 0.167. The van der Waals surface area contributed by atoms with E-state index in [2.05, 4.69) is 39.3 Å². The molecule has 224 valence electrons. The first kappa shape index (κ1) is 29.6. The van der Waals surface area contributed by atoms with E-state index in [1.165, 1.54) is 5.56 Å². The molecular formula is C36H36ClN5O2. The van der Waals surface area contributed by atoms with Crippen molar-refractivity contribution < 1.29 is 9.90 Å². The molecule has 0 aliphatic carbocycles. The number of halogens is 1. The number of piperazine rings is 1. The maximum atomic E-state index is 13.3. The molecule has 1 aromatic heterocycles. The molecule has 1 atom stereocenters. The van der Waals surface area contributed by atoms with Crippen LogP contribution in [-0.2, 0) is 6.54 Å². The zero-order valence-electron chi connectivity index (χ0n) is 24.9. The highest BCUT2D eigenvalue weighted by atomic mass is 35.5. The Morgan fingerprint density at radius 2 is 1.68 bits per heavy atom. The lowest BCUT2D eigenvalue weighted by atomic mass is 9.99. The predicted octanol–water partition coefficient (Wildman–Crippen LogP) is 6.93. The van der Waals surface area contributed by atoms with Gasteiger partial charge in [-0.3, -0.25) is 9.69 Å². The van der Waals surface area contributed by atoms with E-state index in [1.54, 1.807) is 12.1 Å². The molecule has 0 unspecified atom stereocenters. The summed E-state index contributed by atoms with van der Waals surface area (Å²) in [5.41, 5.74) is 6.15. The van der Waals surface area contributed by atoms with Gasteiger partial charge in [0.2, 0.25) is 0 Å². The number of fused-ring (bicyclic) bond motifs is 1. The van der Waals surface area contributed by atoms with E-state index >= 15 is 0 Å². The summed E-state index contributed by atoms with van der Waals surface area (Å²) < 4.78 is 0. The Hall–Kier alpha value is -4.43. The van der Waals surface area contributed by atoms with E-state index < -0.39 is 0 Å². The van der Waals surface area contributed by atoms with Crippen molar-refractivity contribution in [3.05, 3.63) is 130 Å². The first-order chi connectivity index (χ1) is 21.3. The van der Waals surface area contributed by atoms with E-state index in [-0.39, 0.29) is 17.8 Å². The lowest BCUT2D eigenvalue weighted by Gasteiger charge is -2.32. The molecule has 44 heavy (non-hydrogen) atoms. The third-order valence-corrected chi connectivity index (χ3v) is 8.44. The fourth-order valence-corrected chi connectivity index (χ4v) is 5.83. The number of carbonyl (C=O) groups is 1. The number of carbonyl (C=O) groups excluding carboxylic acids is 1. The SMILES string of the molecule is C[C@@H](NC(=O)c1ccc2[nH]c(O)c(C(=Nc3ccc(CN4CCN(C)CC4)cc3)c3ccccc3)c2c1)c1cccc(Cl)c1. The van der Waals surface area contributed by atoms with Crippen molar-refractivity contribution in [1.82, 2.24) is 20.1 Å². The molecule has 0 spiro atoms. The van der Waals surface area contributed by atoms with Crippen LogP contribution in [0.5, 0.6) is 5.88 Å². The summed E-state index contributed by atoms with van der Waals surface area (Å²) in [6, 6.07) is 30.7. The van der Waals surface area contributed by atoms with Crippen LogP contribution in [0.3, 0.4) is 0 Å². The van der Waals surface area contributed by atoms with Gasteiger partial charge >= 0.3 is 0 Å². The monoisotopic (exact) mass is 605 g/mol. The molecule has 1 aliphatic rings. The Bertz CT molecular complexity index is 1790. The van der Waals surface area contributed by atoms with Crippen LogP contribution in [-0.4, -0.2) is 64.7 Å². The normalized spacial score (nSPS) is 15.4. The minimum Gasteiger partial charge on any atom is -0.494 e. The van der Waals surface area contributed by atoms with Crippen LogP contribution in [0.25, 0.3) is 10.9 Å². The molecule has 8 heteroatoms. The molecule has 0 bridgehead atoms. The average Bonchev–Trinajstić information content (AvgIpc) is 3.36. The van der Waals surface area contributed by atoms with E-state index in [0.717, 1.165) is 49.5 Å². The number of rotatable bonds is 8. The van der Waals surface area contributed by atoms with Gasteiger partial charge in [-0.1, -0.05) is 66.2 Å². The number of nitrogens with one attached hydrogen (secondary N) is 2. The van der Waals surface area contributed by atoms with Crippen molar-refractivity contribution in [2.75, 3.05) is 33.2 Å². The molecule has 3 N–H and O–H groups in total.